The van der Waals surface area contributed by atoms with Crippen LogP contribution in [0, 0.1) is 0 Å². The van der Waals surface area contributed by atoms with Crippen molar-refractivity contribution in [3.05, 3.63) is 107 Å². The van der Waals surface area contributed by atoms with Crippen LogP contribution < -0.4 is 16.0 Å². The molecule has 3 aromatic carbocycles. The second-order valence-corrected chi connectivity index (χ2v) is 8.07. The van der Waals surface area contributed by atoms with Gasteiger partial charge in [-0.2, -0.15) is 0 Å². The maximum atomic E-state index is 13.2. The Morgan fingerprint density at radius 2 is 1.12 bits per heavy atom. The Kier molecular flexibility index (Phi) is 8.35. The van der Waals surface area contributed by atoms with Crippen LogP contribution >= 0.6 is 0 Å². The molecule has 0 aliphatic carbocycles. The molecular formula is C28H29N3O3. The van der Waals surface area contributed by atoms with Gasteiger partial charge in [0.25, 0.3) is 11.8 Å². The van der Waals surface area contributed by atoms with Gasteiger partial charge in [0.05, 0.1) is 12.1 Å². The summed E-state index contributed by atoms with van der Waals surface area (Å²) >= 11 is 0. The number of amides is 3. The second-order valence-electron chi connectivity index (χ2n) is 8.07. The number of anilines is 1. The first-order valence-electron chi connectivity index (χ1n) is 11.1. The van der Waals surface area contributed by atoms with Gasteiger partial charge in [-0.05, 0) is 48.7 Å². The molecule has 0 aliphatic heterocycles. The van der Waals surface area contributed by atoms with Gasteiger partial charge in [0.15, 0.2) is 0 Å². The number of carbonyl (C=O) groups excluding carboxylic acids is 3. The van der Waals surface area contributed by atoms with Crippen molar-refractivity contribution < 1.29 is 14.4 Å². The summed E-state index contributed by atoms with van der Waals surface area (Å²) in [5.41, 5.74) is 3.17. The molecular weight excluding hydrogens is 426 g/mol. The molecule has 2 unspecified atom stereocenters. The van der Waals surface area contributed by atoms with Crippen LogP contribution in [0.3, 0.4) is 0 Å². The minimum atomic E-state index is -0.472. The van der Waals surface area contributed by atoms with E-state index in [1.54, 1.807) is 30.3 Å². The van der Waals surface area contributed by atoms with Crippen LogP contribution in [0.15, 0.2) is 90.5 Å². The Labute approximate surface area is 200 Å². The first-order valence-corrected chi connectivity index (χ1v) is 11.1. The Balaban J connectivity index is 1.85. The van der Waals surface area contributed by atoms with Crippen molar-refractivity contribution in [1.29, 1.82) is 0 Å². The largest absolute Gasteiger partial charge is 0.345 e. The van der Waals surface area contributed by atoms with E-state index in [-0.39, 0.29) is 23.6 Å². The van der Waals surface area contributed by atoms with Crippen molar-refractivity contribution in [2.45, 2.75) is 32.9 Å². The number of nitrogens with one attached hydrogen (secondary N) is 3. The Hall–Kier alpha value is -4.19. The third-order valence-corrected chi connectivity index (χ3v) is 5.33. The summed E-state index contributed by atoms with van der Waals surface area (Å²) in [7, 11) is 0. The molecule has 0 saturated heterocycles. The van der Waals surface area contributed by atoms with Gasteiger partial charge in [0, 0.05) is 12.6 Å². The summed E-state index contributed by atoms with van der Waals surface area (Å²) in [6.45, 7) is 5.18. The molecule has 174 valence electrons. The molecule has 6 nitrogen and oxygen atoms in total. The molecule has 0 heterocycles. The molecule has 34 heavy (non-hydrogen) atoms. The number of rotatable bonds is 8. The summed E-state index contributed by atoms with van der Waals surface area (Å²) in [5, 5.41) is 8.55. The zero-order valence-corrected chi connectivity index (χ0v) is 19.5. The van der Waals surface area contributed by atoms with Crippen LogP contribution in [0.4, 0.5) is 5.69 Å². The summed E-state index contributed by atoms with van der Waals surface area (Å²) < 4.78 is 0. The van der Waals surface area contributed by atoms with E-state index >= 15 is 0 Å². The first-order chi connectivity index (χ1) is 16.3. The van der Waals surface area contributed by atoms with Gasteiger partial charge in [-0.3, -0.25) is 14.4 Å². The Morgan fingerprint density at radius 3 is 1.53 bits per heavy atom. The van der Waals surface area contributed by atoms with Crippen molar-refractivity contribution in [3.8, 4) is 0 Å². The lowest BCUT2D eigenvalue weighted by Gasteiger charge is -2.18. The fraction of sp³-hybridized carbons (Fsp3) is 0.179. The van der Waals surface area contributed by atoms with Crippen LogP contribution in [0.2, 0.25) is 0 Å². The average Bonchev–Trinajstić information content (AvgIpc) is 2.84. The van der Waals surface area contributed by atoms with E-state index in [2.05, 4.69) is 16.0 Å². The fourth-order valence-electron chi connectivity index (χ4n) is 3.47. The topological polar surface area (TPSA) is 87.3 Å². The number of hydrogen-bond donors (Lipinski definition) is 3. The van der Waals surface area contributed by atoms with Crippen molar-refractivity contribution in [1.82, 2.24) is 10.6 Å². The summed E-state index contributed by atoms with van der Waals surface area (Å²) in [4.78, 5) is 37.7. The van der Waals surface area contributed by atoms with Crippen LogP contribution in [0.1, 0.15) is 49.5 Å². The average molecular weight is 456 g/mol. The third-order valence-electron chi connectivity index (χ3n) is 5.33. The highest BCUT2D eigenvalue weighted by molar-refractivity contribution is 6.21. The van der Waals surface area contributed by atoms with Crippen LogP contribution in [-0.2, 0) is 14.4 Å². The van der Waals surface area contributed by atoms with E-state index in [0.717, 1.165) is 11.1 Å². The lowest BCUT2D eigenvalue weighted by atomic mass is 10.0. The molecule has 3 N–H and O–H groups in total. The van der Waals surface area contributed by atoms with E-state index in [1.807, 2.05) is 74.5 Å². The zero-order valence-electron chi connectivity index (χ0n) is 19.5. The molecule has 0 spiro atoms. The molecule has 2 atom stereocenters. The molecule has 3 rings (SSSR count). The monoisotopic (exact) mass is 455 g/mol. The predicted octanol–water partition coefficient (Wildman–Crippen LogP) is 4.78. The molecule has 0 aromatic heterocycles. The minimum absolute atomic E-state index is 0.00200. The molecule has 0 fully saturated rings. The van der Waals surface area contributed by atoms with Gasteiger partial charge >= 0.3 is 0 Å². The third kappa shape index (κ3) is 6.90. The highest BCUT2D eigenvalue weighted by atomic mass is 16.2. The van der Waals surface area contributed by atoms with Gasteiger partial charge in [-0.1, -0.05) is 72.8 Å². The summed E-state index contributed by atoms with van der Waals surface area (Å²) in [5.74, 6) is -1.12. The van der Waals surface area contributed by atoms with Gasteiger partial charge in [0.1, 0.15) is 5.57 Å². The lowest BCUT2D eigenvalue weighted by molar-refractivity contribution is -0.124. The number of benzene rings is 3. The van der Waals surface area contributed by atoms with E-state index < -0.39 is 11.8 Å². The molecule has 0 radical (unpaired) electrons. The molecule has 3 amide bonds. The van der Waals surface area contributed by atoms with Crippen LogP contribution in [0.25, 0.3) is 6.08 Å². The van der Waals surface area contributed by atoms with Gasteiger partial charge in [-0.15, -0.1) is 0 Å². The molecule has 0 aliphatic rings. The maximum absolute atomic E-state index is 13.2. The minimum Gasteiger partial charge on any atom is -0.345 e. The summed E-state index contributed by atoms with van der Waals surface area (Å²) in [6.07, 6.45) is 1.55. The van der Waals surface area contributed by atoms with Crippen molar-refractivity contribution in [2.24, 2.45) is 0 Å². The van der Waals surface area contributed by atoms with Crippen molar-refractivity contribution in [2.75, 3.05) is 5.32 Å². The van der Waals surface area contributed by atoms with E-state index in [1.165, 1.54) is 6.92 Å². The Bertz CT molecular complexity index is 1100. The quantitative estimate of drug-likeness (QED) is 0.259. The molecule has 0 saturated carbocycles. The normalized spacial score (nSPS) is 12.1. The maximum Gasteiger partial charge on any atom is 0.257 e. The van der Waals surface area contributed by atoms with E-state index in [0.29, 0.717) is 11.3 Å². The molecule has 0 bridgehead atoms. The van der Waals surface area contributed by atoms with Gasteiger partial charge in [-0.25, -0.2) is 0 Å². The number of hydrogen-bond acceptors (Lipinski definition) is 3. The zero-order chi connectivity index (χ0) is 24.5. The highest BCUT2D eigenvalue weighted by Gasteiger charge is 2.22. The fourth-order valence-corrected chi connectivity index (χ4v) is 3.47. The second kappa shape index (κ2) is 11.6. The SMILES string of the molecule is CC(=O)Nc1ccc(C=C(C(=O)NC(C)c2ccccc2)C(=O)NC(C)c2ccccc2)cc1. The highest BCUT2D eigenvalue weighted by Crippen LogP contribution is 2.17. The van der Waals surface area contributed by atoms with Crippen LogP contribution in [-0.4, -0.2) is 17.7 Å². The van der Waals surface area contributed by atoms with E-state index in [4.69, 9.17) is 0 Å². The van der Waals surface area contributed by atoms with E-state index in [9.17, 15) is 14.4 Å². The standard InChI is InChI=1S/C28H29N3O3/c1-19(23-10-6-4-7-11-23)29-27(33)26(18-22-14-16-25(17-15-22)31-21(3)32)28(34)30-20(2)24-12-8-5-9-13-24/h4-20H,1-3H3,(H,29,33)(H,30,34)(H,31,32). The smallest absolute Gasteiger partial charge is 0.257 e. The van der Waals surface area contributed by atoms with Crippen LogP contribution in [0.5, 0.6) is 0 Å². The molecule has 6 heteroatoms. The predicted molar refractivity (Wildman–Crippen MR) is 135 cm³/mol. The van der Waals surface area contributed by atoms with Crippen molar-refractivity contribution in [3.63, 3.8) is 0 Å². The Morgan fingerprint density at radius 1 is 0.676 bits per heavy atom. The first kappa shape index (κ1) is 24.5. The lowest BCUT2D eigenvalue weighted by Crippen LogP contribution is -2.36. The number of carbonyl (C=O) groups is 3. The molecule has 3 aromatic rings. The van der Waals surface area contributed by atoms with Crippen molar-refractivity contribution >= 4 is 29.5 Å². The van der Waals surface area contributed by atoms with Gasteiger partial charge in [0.2, 0.25) is 5.91 Å². The van der Waals surface area contributed by atoms with Gasteiger partial charge < -0.3 is 16.0 Å². The summed E-state index contributed by atoms with van der Waals surface area (Å²) in [6, 6.07) is 25.5.